The number of methoxy groups -OCH3 is 1. The van der Waals surface area contributed by atoms with Gasteiger partial charge in [0.1, 0.15) is 11.5 Å². The number of carboxylic acid groups (broad SMARTS) is 1. The number of carboxylic acids is 1. The Balaban J connectivity index is 2.14. The highest BCUT2D eigenvalue weighted by molar-refractivity contribution is 5.96. The van der Waals surface area contributed by atoms with Crippen molar-refractivity contribution in [2.45, 2.75) is 33.3 Å². The van der Waals surface area contributed by atoms with Crippen molar-refractivity contribution in [3.8, 4) is 11.5 Å². The molecule has 144 valence electrons. The minimum absolute atomic E-state index is 0.0872. The van der Waals surface area contributed by atoms with Crippen LogP contribution in [0.2, 0.25) is 0 Å². The van der Waals surface area contributed by atoms with Gasteiger partial charge in [0, 0.05) is 5.92 Å². The molecule has 1 amide bonds. The van der Waals surface area contributed by atoms with Gasteiger partial charge in [-0.15, -0.1) is 0 Å². The van der Waals surface area contributed by atoms with E-state index < -0.39 is 5.97 Å². The number of aromatic carboxylic acids is 1. The second-order valence-corrected chi connectivity index (χ2v) is 6.63. The molecule has 0 bridgehead atoms. The smallest absolute Gasteiger partial charge is 0.335 e. The summed E-state index contributed by atoms with van der Waals surface area (Å²) in [5.74, 6) is -0.370. The molecule has 0 fully saturated rings. The Bertz CT molecular complexity index is 799. The molecule has 0 aliphatic carbocycles. The molecule has 0 aliphatic heterocycles. The summed E-state index contributed by atoms with van der Waals surface area (Å²) in [4.78, 5) is 23.9. The topological polar surface area (TPSA) is 84.9 Å². The van der Waals surface area contributed by atoms with Crippen LogP contribution in [0.1, 0.15) is 36.7 Å². The third-order valence-electron chi connectivity index (χ3n) is 4.00. The lowest BCUT2D eigenvalue weighted by Gasteiger charge is -2.18. The molecule has 6 heteroatoms. The molecule has 2 rings (SSSR count). The molecule has 0 heterocycles. The van der Waals surface area contributed by atoms with Gasteiger partial charge in [0.05, 0.1) is 24.5 Å². The molecule has 2 aromatic rings. The lowest BCUT2D eigenvalue weighted by atomic mass is 10.00. The first-order valence-corrected chi connectivity index (χ1v) is 8.78. The number of ether oxygens (including phenoxy) is 2. The molecule has 0 aliphatic rings. The molecule has 1 unspecified atom stereocenters. The van der Waals surface area contributed by atoms with E-state index in [0.29, 0.717) is 17.9 Å². The first-order chi connectivity index (χ1) is 12.8. The van der Waals surface area contributed by atoms with Gasteiger partial charge in [0.2, 0.25) is 5.91 Å². The van der Waals surface area contributed by atoms with Crippen molar-refractivity contribution in [3.05, 3.63) is 53.6 Å². The molecule has 27 heavy (non-hydrogen) atoms. The van der Waals surface area contributed by atoms with E-state index in [1.807, 2.05) is 45.0 Å². The number of benzene rings is 2. The number of nitrogens with one attached hydrogen (secondary N) is 1. The van der Waals surface area contributed by atoms with E-state index in [9.17, 15) is 14.7 Å². The first kappa shape index (κ1) is 20.3. The van der Waals surface area contributed by atoms with Gasteiger partial charge in [0.15, 0.2) is 0 Å². The maximum atomic E-state index is 12.6. The molecule has 0 saturated heterocycles. The van der Waals surface area contributed by atoms with E-state index in [2.05, 4.69) is 5.32 Å². The largest absolute Gasteiger partial charge is 0.497 e. The lowest BCUT2D eigenvalue weighted by molar-refractivity contribution is -0.119. The SMILES string of the molecule is COc1ccc(CC(C)C(=O)Nc2cc(C(=O)O)ccc2OC(C)C)cc1. The van der Waals surface area contributed by atoms with E-state index in [1.165, 1.54) is 12.1 Å². The molecular weight excluding hydrogens is 346 g/mol. The Hall–Kier alpha value is -3.02. The van der Waals surface area contributed by atoms with Crippen molar-refractivity contribution in [1.29, 1.82) is 0 Å². The third kappa shape index (κ3) is 5.74. The molecule has 6 nitrogen and oxygen atoms in total. The number of anilines is 1. The van der Waals surface area contributed by atoms with Crippen LogP contribution in [0.5, 0.6) is 11.5 Å². The highest BCUT2D eigenvalue weighted by atomic mass is 16.5. The zero-order valence-corrected chi connectivity index (χ0v) is 16.0. The third-order valence-corrected chi connectivity index (χ3v) is 4.00. The van der Waals surface area contributed by atoms with Crippen LogP contribution in [0, 0.1) is 5.92 Å². The van der Waals surface area contributed by atoms with Gasteiger partial charge in [0.25, 0.3) is 0 Å². The van der Waals surface area contributed by atoms with E-state index in [0.717, 1.165) is 11.3 Å². The summed E-state index contributed by atoms with van der Waals surface area (Å²) in [6.45, 7) is 5.55. The molecule has 0 aromatic heterocycles. The summed E-state index contributed by atoms with van der Waals surface area (Å²) < 4.78 is 10.8. The number of carbonyl (C=O) groups excluding carboxylic acids is 1. The molecule has 0 spiro atoms. The summed E-state index contributed by atoms with van der Waals surface area (Å²) >= 11 is 0. The zero-order chi connectivity index (χ0) is 20.0. The van der Waals surface area contributed by atoms with Gasteiger partial charge in [-0.05, 0) is 56.2 Å². The molecule has 2 aromatic carbocycles. The van der Waals surface area contributed by atoms with Crippen molar-refractivity contribution in [3.63, 3.8) is 0 Å². The fourth-order valence-corrected chi connectivity index (χ4v) is 2.58. The van der Waals surface area contributed by atoms with Crippen LogP contribution in [-0.2, 0) is 11.2 Å². The second-order valence-electron chi connectivity index (χ2n) is 6.63. The van der Waals surface area contributed by atoms with Crippen molar-refractivity contribution in [1.82, 2.24) is 0 Å². The summed E-state index contributed by atoms with van der Waals surface area (Å²) in [5, 5.41) is 12.0. The molecule has 0 radical (unpaired) electrons. The first-order valence-electron chi connectivity index (χ1n) is 8.78. The van der Waals surface area contributed by atoms with Crippen LogP contribution in [0.25, 0.3) is 0 Å². The Labute approximate surface area is 159 Å². The number of rotatable bonds is 8. The van der Waals surface area contributed by atoms with Crippen molar-refractivity contribution < 1.29 is 24.2 Å². The minimum atomic E-state index is -1.06. The Morgan fingerprint density at radius 2 is 1.74 bits per heavy atom. The quantitative estimate of drug-likeness (QED) is 0.733. The second kappa shape index (κ2) is 9.07. The Morgan fingerprint density at radius 1 is 1.07 bits per heavy atom. The number of carbonyl (C=O) groups is 2. The van der Waals surface area contributed by atoms with Crippen LogP contribution in [0.3, 0.4) is 0 Å². The fourth-order valence-electron chi connectivity index (χ4n) is 2.58. The minimum Gasteiger partial charge on any atom is -0.497 e. The summed E-state index contributed by atoms with van der Waals surface area (Å²) in [7, 11) is 1.60. The number of hydrogen-bond acceptors (Lipinski definition) is 4. The fraction of sp³-hybridized carbons (Fsp3) is 0.333. The van der Waals surface area contributed by atoms with Gasteiger partial charge in [-0.1, -0.05) is 19.1 Å². The van der Waals surface area contributed by atoms with Crippen LogP contribution >= 0.6 is 0 Å². The van der Waals surface area contributed by atoms with E-state index in [1.54, 1.807) is 13.2 Å². The van der Waals surface area contributed by atoms with Crippen molar-refractivity contribution >= 4 is 17.6 Å². The van der Waals surface area contributed by atoms with Crippen molar-refractivity contribution in [2.75, 3.05) is 12.4 Å². The zero-order valence-electron chi connectivity index (χ0n) is 16.0. The highest BCUT2D eigenvalue weighted by Gasteiger charge is 2.18. The van der Waals surface area contributed by atoms with E-state index in [4.69, 9.17) is 9.47 Å². The highest BCUT2D eigenvalue weighted by Crippen LogP contribution is 2.28. The molecule has 0 saturated carbocycles. The average Bonchev–Trinajstić information content (AvgIpc) is 2.63. The van der Waals surface area contributed by atoms with Crippen LogP contribution in [-0.4, -0.2) is 30.2 Å². The van der Waals surface area contributed by atoms with Gasteiger partial charge in [-0.25, -0.2) is 4.79 Å². The number of hydrogen-bond donors (Lipinski definition) is 2. The van der Waals surface area contributed by atoms with Gasteiger partial charge in [-0.2, -0.15) is 0 Å². The van der Waals surface area contributed by atoms with Gasteiger partial charge in [-0.3, -0.25) is 4.79 Å². The Kier molecular flexibility index (Phi) is 6.82. The number of amides is 1. The molecule has 1 atom stereocenters. The lowest BCUT2D eigenvalue weighted by Crippen LogP contribution is -2.23. The predicted octanol–water partition coefficient (Wildman–Crippen LogP) is 4.00. The van der Waals surface area contributed by atoms with Gasteiger partial charge >= 0.3 is 5.97 Å². The van der Waals surface area contributed by atoms with Crippen LogP contribution in [0.4, 0.5) is 5.69 Å². The van der Waals surface area contributed by atoms with E-state index >= 15 is 0 Å². The summed E-state index contributed by atoms with van der Waals surface area (Å²) in [6.07, 6.45) is 0.447. The Morgan fingerprint density at radius 3 is 2.30 bits per heavy atom. The van der Waals surface area contributed by atoms with Crippen LogP contribution < -0.4 is 14.8 Å². The average molecular weight is 371 g/mol. The monoisotopic (exact) mass is 371 g/mol. The maximum Gasteiger partial charge on any atom is 0.335 e. The van der Waals surface area contributed by atoms with Gasteiger partial charge < -0.3 is 19.9 Å². The normalized spacial score (nSPS) is 11.7. The molecular formula is C21H25NO5. The van der Waals surface area contributed by atoms with Crippen LogP contribution in [0.15, 0.2) is 42.5 Å². The standard InChI is InChI=1S/C21H25NO5/c1-13(2)27-19-10-7-16(21(24)25)12-18(19)22-20(23)14(3)11-15-5-8-17(26-4)9-6-15/h5-10,12-14H,11H2,1-4H3,(H,22,23)(H,24,25). The van der Waals surface area contributed by atoms with Crippen molar-refractivity contribution in [2.24, 2.45) is 5.92 Å². The van der Waals surface area contributed by atoms with E-state index in [-0.39, 0.29) is 23.5 Å². The maximum absolute atomic E-state index is 12.6. The predicted molar refractivity (Wildman–Crippen MR) is 104 cm³/mol. The summed E-state index contributed by atoms with van der Waals surface area (Å²) in [5.41, 5.74) is 1.45. The molecule has 2 N–H and O–H groups in total. The summed E-state index contributed by atoms with van der Waals surface area (Å²) in [6, 6.07) is 12.0.